The van der Waals surface area contributed by atoms with E-state index in [0.717, 1.165) is 25.7 Å². The molecule has 0 aliphatic heterocycles. The average Bonchev–Trinajstić information content (AvgIpc) is 2.75. The van der Waals surface area contributed by atoms with Crippen molar-refractivity contribution in [2.45, 2.75) is 149 Å². The molecule has 33 heavy (non-hydrogen) atoms. The molecule has 0 spiro atoms. The molecule has 0 N–H and O–H groups in total. The largest absolute Gasteiger partial charge is 1.00 e. The van der Waals surface area contributed by atoms with Crippen molar-refractivity contribution in [1.29, 1.82) is 0 Å². The van der Waals surface area contributed by atoms with Crippen molar-refractivity contribution in [3.8, 4) is 0 Å². The van der Waals surface area contributed by atoms with Crippen LogP contribution in [0, 0.1) is 5.92 Å². The van der Waals surface area contributed by atoms with Crippen LogP contribution in [0.5, 0.6) is 0 Å². The van der Waals surface area contributed by atoms with Crippen molar-refractivity contribution >= 4 is 10.4 Å². The summed E-state index contributed by atoms with van der Waals surface area (Å²) in [6, 6.07) is 0. The van der Waals surface area contributed by atoms with Gasteiger partial charge < -0.3 is 4.55 Å². The van der Waals surface area contributed by atoms with Gasteiger partial charge in [0.2, 0.25) is 10.4 Å². The minimum absolute atomic E-state index is 0. The molecule has 0 fully saturated rings. The zero-order valence-corrected chi connectivity index (χ0v) is 26.3. The third-order valence-corrected chi connectivity index (χ3v) is 6.66. The van der Waals surface area contributed by atoms with Crippen molar-refractivity contribution in [3.63, 3.8) is 0 Å². The molecule has 0 aromatic rings. The maximum Gasteiger partial charge on any atom is 1.00 e. The minimum atomic E-state index is -4.60. The first-order valence-electron chi connectivity index (χ1n) is 13.8. The first kappa shape index (κ1) is 36.4. The van der Waals surface area contributed by atoms with E-state index in [-0.39, 0.29) is 63.9 Å². The van der Waals surface area contributed by atoms with E-state index in [1.54, 1.807) is 0 Å². The second-order valence-corrected chi connectivity index (χ2v) is 10.5. The van der Waals surface area contributed by atoms with E-state index in [1.807, 2.05) is 0 Å². The molecule has 0 aliphatic carbocycles. The topological polar surface area (TPSA) is 66.4 Å². The minimum Gasteiger partial charge on any atom is -0.726 e. The van der Waals surface area contributed by atoms with Crippen molar-refractivity contribution in [2.24, 2.45) is 5.92 Å². The number of unbranched alkanes of at least 4 members (excludes halogenated alkanes) is 18. The Hall–Kier alpha value is 1.25. The molecule has 0 rings (SSSR count). The predicted molar refractivity (Wildman–Crippen MR) is 137 cm³/mol. The molecular weight excluding hydrogens is 459 g/mol. The van der Waals surface area contributed by atoms with Gasteiger partial charge in [-0.3, -0.25) is 4.18 Å². The molecule has 0 saturated carbocycles. The first-order chi connectivity index (χ1) is 15.5. The summed E-state index contributed by atoms with van der Waals surface area (Å²) in [5.41, 5.74) is 0. The van der Waals surface area contributed by atoms with E-state index in [2.05, 4.69) is 30.2 Å². The van der Waals surface area contributed by atoms with Gasteiger partial charge in [0.1, 0.15) is 0 Å². The number of hydrogen-bond acceptors (Lipinski definition) is 4. The molecule has 0 heterocycles. The standard InChI is InChI=1S/C27H54O4S.K/c1-3-5-7-9-10-11-12-13-14-15-16-17-18-19-21-23-25-27(26-31-32(28,29)30)24-22-20-8-6-4-2;/h23,25,27H,3-22,24,26H2,1-2H3,(H,28,29,30);/q;+1/p-1/b25-23+;. The third-order valence-electron chi connectivity index (χ3n) is 6.24. The van der Waals surface area contributed by atoms with Crippen LogP contribution >= 0.6 is 0 Å². The molecule has 0 saturated heterocycles. The van der Waals surface area contributed by atoms with Crippen molar-refractivity contribution in [3.05, 3.63) is 12.2 Å². The van der Waals surface area contributed by atoms with Gasteiger partial charge in [-0.15, -0.1) is 0 Å². The molecule has 0 amide bonds. The van der Waals surface area contributed by atoms with Crippen LogP contribution in [0.25, 0.3) is 0 Å². The summed E-state index contributed by atoms with van der Waals surface area (Å²) < 4.78 is 36.8. The van der Waals surface area contributed by atoms with Crippen molar-refractivity contribution in [1.82, 2.24) is 0 Å². The van der Waals surface area contributed by atoms with E-state index in [0.29, 0.717) is 0 Å². The molecular formula is C27H53KO4S. The maximum absolute atomic E-state index is 10.8. The zero-order valence-electron chi connectivity index (χ0n) is 22.3. The monoisotopic (exact) mass is 512 g/mol. The van der Waals surface area contributed by atoms with Gasteiger partial charge in [0.05, 0.1) is 6.61 Å². The SMILES string of the molecule is CCCCCCCCCCCCCCCC/C=C/C(CCCCCCC)COS(=O)(=O)[O-].[K+]. The summed E-state index contributed by atoms with van der Waals surface area (Å²) in [6.07, 6.45) is 31.1. The van der Waals surface area contributed by atoms with Crippen LogP contribution in [0.4, 0.5) is 0 Å². The summed E-state index contributed by atoms with van der Waals surface area (Å²) in [6.45, 7) is 4.44. The van der Waals surface area contributed by atoms with Gasteiger partial charge in [-0.25, -0.2) is 8.42 Å². The fourth-order valence-electron chi connectivity index (χ4n) is 4.16. The molecule has 192 valence electrons. The Bertz CT molecular complexity index is 508. The molecule has 0 aliphatic rings. The molecule has 0 radical (unpaired) electrons. The second-order valence-electron chi connectivity index (χ2n) is 9.47. The van der Waals surface area contributed by atoms with Crippen LogP contribution < -0.4 is 51.4 Å². The summed E-state index contributed by atoms with van der Waals surface area (Å²) in [4.78, 5) is 0. The van der Waals surface area contributed by atoms with Crippen LogP contribution in [0.2, 0.25) is 0 Å². The second kappa shape index (κ2) is 27.8. The van der Waals surface area contributed by atoms with Crippen LogP contribution in [0.3, 0.4) is 0 Å². The van der Waals surface area contributed by atoms with Crippen LogP contribution in [-0.2, 0) is 14.6 Å². The molecule has 1 unspecified atom stereocenters. The Labute approximate surface area is 249 Å². The molecule has 0 aromatic heterocycles. The Balaban J connectivity index is 0. The smallest absolute Gasteiger partial charge is 0.726 e. The number of allylic oxidation sites excluding steroid dienone is 1. The molecule has 6 heteroatoms. The Morgan fingerprint density at radius 1 is 0.667 bits per heavy atom. The quantitative estimate of drug-likeness (QED) is 0.0504. The molecule has 4 nitrogen and oxygen atoms in total. The Kier molecular flexibility index (Phi) is 30.7. The average molecular weight is 513 g/mol. The Morgan fingerprint density at radius 2 is 1.06 bits per heavy atom. The van der Waals surface area contributed by atoms with E-state index in [4.69, 9.17) is 0 Å². The molecule has 0 aromatic carbocycles. The van der Waals surface area contributed by atoms with Crippen molar-refractivity contribution < 1.29 is 68.5 Å². The summed E-state index contributed by atoms with van der Waals surface area (Å²) in [7, 11) is -4.60. The first-order valence-corrected chi connectivity index (χ1v) is 15.1. The Morgan fingerprint density at radius 3 is 1.48 bits per heavy atom. The normalized spacial score (nSPS) is 12.8. The van der Waals surface area contributed by atoms with Gasteiger partial charge in [-0.2, -0.15) is 0 Å². The van der Waals surface area contributed by atoms with Gasteiger partial charge in [0.25, 0.3) is 0 Å². The van der Waals surface area contributed by atoms with Gasteiger partial charge in [-0.05, 0) is 19.3 Å². The zero-order chi connectivity index (χ0) is 23.8. The van der Waals surface area contributed by atoms with Gasteiger partial charge in [0.15, 0.2) is 0 Å². The fraction of sp³-hybridized carbons (Fsp3) is 0.926. The van der Waals surface area contributed by atoms with Gasteiger partial charge in [-0.1, -0.05) is 142 Å². The number of rotatable bonds is 25. The summed E-state index contributed by atoms with van der Waals surface area (Å²) in [5, 5.41) is 0. The van der Waals surface area contributed by atoms with Crippen LogP contribution in [0.1, 0.15) is 149 Å². The van der Waals surface area contributed by atoms with Crippen LogP contribution in [0.15, 0.2) is 12.2 Å². The van der Waals surface area contributed by atoms with Crippen molar-refractivity contribution in [2.75, 3.05) is 6.61 Å². The molecule has 0 bridgehead atoms. The third kappa shape index (κ3) is 31.2. The molecule has 1 atom stereocenters. The van der Waals surface area contributed by atoms with Gasteiger partial charge >= 0.3 is 51.4 Å². The summed E-state index contributed by atoms with van der Waals surface area (Å²) >= 11 is 0. The predicted octanol–water partition coefficient (Wildman–Crippen LogP) is 5.87. The van der Waals surface area contributed by atoms with E-state index < -0.39 is 10.4 Å². The number of hydrogen-bond donors (Lipinski definition) is 0. The maximum atomic E-state index is 10.8. The van der Waals surface area contributed by atoms with E-state index in [9.17, 15) is 13.0 Å². The fourth-order valence-corrected chi connectivity index (χ4v) is 4.50. The summed E-state index contributed by atoms with van der Waals surface area (Å²) in [5.74, 6) is 0.0204. The van der Waals surface area contributed by atoms with E-state index in [1.165, 1.54) is 109 Å². The van der Waals surface area contributed by atoms with E-state index >= 15 is 0 Å². The van der Waals surface area contributed by atoms with Gasteiger partial charge in [0, 0.05) is 5.92 Å². The van der Waals surface area contributed by atoms with Crippen LogP contribution in [-0.4, -0.2) is 19.6 Å².